The fourth-order valence-corrected chi connectivity index (χ4v) is 2.31. The first-order chi connectivity index (χ1) is 10.6. The summed E-state index contributed by atoms with van der Waals surface area (Å²) in [6, 6.07) is 0.397. The molecule has 0 rings (SSSR count). The highest BCUT2D eigenvalue weighted by atomic mass is 127. The van der Waals surface area contributed by atoms with Crippen LogP contribution in [0.1, 0.15) is 20.3 Å². The Morgan fingerprint density at radius 1 is 1.22 bits per heavy atom. The standard InChI is InChI=1S/C17H34N4O.HI/c1-7-11-21(12-8-2)16(15(3)4)14-20-17(18-5)19-10-9-13-22-6;/h7-8,15-16H,1-2,9-14H2,3-6H3,(H2,18,19,20);1H. The molecule has 1 unspecified atom stereocenters. The topological polar surface area (TPSA) is 48.9 Å². The van der Waals surface area contributed by atoms with Gasteiger partial charge in [-0.15, -0.1) is 37.1 Å². The van der Waals surface area contributed by atoms with Gasteiger partial charge in [0.05, 0.1) is 0 Å². The molecule has 6 heteroatoms. The minimum Gasteiger partial charge on any atom is -0.385 e. The number of aliphatic imine (C=N–C) groups is 1. The van der Waals surface area contributed by atoms with Crippen molar-refractivity contribution in [3.05, 3.63) is 25.3 Å². The molecule has 2 N–H and O–H groups in total. The number of halogens is 1. The first kappa shape index (κ1) is 24.6. The van der Waals surface area contributed by atoms with Crippen molar-refractivity contribution in [3.63, 3.8) is 0 Å². The molecule has 0 aliphatic carbocycles. The lowest BCUT2D eigenvalue weighted by Gasteiger charge is -2.33. The van der Waals surface area contributed by atoms with E-state index in [1.807, 2.05) is 12.2 Å². The molecule has 136 valence electrons. The predicted molar refractivity (Wildman–Crippen MR) is 112 cm³/mol. The lowest BCUT2D eigenvalue weighted by atomic mass is 10.0. The van der Waals surface area contributed by atoms with E-state index in [0.717, 1.165) is 45.2 Å². The predicted octanol–water partition coefficient (Wildman–Crippen LogP) is 2.50. The summed E-state index contributed by atoms with van der Waals surface area (Å²) < 4.78 is 5.05. The molecule has 0 aliphatic rings. The van der Waals surface area contributed by atoms with Crippen molar-refractivity contribution >= 4 is 29.9 Å². The number of hydrogen-bond acceptors (Lipinski definition) is 3. The molecule has 0 saturated heterocycles. The third kappa shape index (κ3) is 11.6. The lowest BCUT2D eigenvalue weighted by molar-refractivity contribution is 0.189. The largest absolute Gasteiger partial charge is 0.385 e. The van der Waals surface area contributed by atoms with Crippen molar-refractivity contribution in [1.29, 1.82) is 0 Å². The van der Waals surface area contributed by atoms with E-state index in [2.05, 4.69) is 47.5 Å². The van der Waals surface area contributed by atoms with Crippen LogP contribution in [0, 0.1) is 5.92 Å². The highest BCUT2D eigenvalue weighted by Crippen LogP contribution is 2.10. The molecule has 23 heavy (non-hydrogen) atoms. The van der Waals surface area contributed by atoms with Crippen LogP contribution in [-0.4, -0.2) is 63.8 Å². The molecule has 0 heterocycles. The molecule has 0 aromatic heterocycles. The van der Waals surface area contributed by atoms with Crippen LogP contribution in [0.25, 0.3) is 0 Å². The number of guanidine groups is 1. The fourth-order valence-electron chi connectivity index (χ4n) is 2.31. The van der Waals surface area contributed by atoms with Crippen LogP contribution in [0.15, 0.2) is 30.3 Å². The van der Waals surface area contributed by atoms with Crippen LogP contribution in [0.3, 0.4) is 0 Å². The highest BCUT2D eigenvalue weighted by Gasteiger charge is 2.20. The SMILES string of the molecule is C=CCN(CC=C)C(CNC(=NC)NCCCOC)C(C)C.I. The molecule has 5 nitrogen and oxygen atoms in total. The molecule has 0 aliphatic heterocycles. The van der Waals surface area contributed by atoms with Gasteiger partial charge in [0.2, 0.25) is 0 Å². The highest BCUT2D eigenvalue weighted by molar-refractivity contribution is 14.0. The fraction of sp³-hybridized carbons (Fsp3) is 0.706. The number of hydrogen-bond donors (Lipinski definition) is 2. The number of nitrogens with one attached hydrogen (secondary N) is 2. The van der Waals surface area contributed by atoms with Crippen molar-refractivity contribution < 1.29 is 4.74 Å². The van der Waals surface area contributed by atoms with E-state index in [1.165, 1.54) is 0 Å². The Balaban J connectivity index is 0. The molecule has 0 aromatic rings. The molecule has 0 aromatic carbocycles. The Bertz CT molecular complexity index is 325. The van der Waals surface area contributed by atoms with Crippen molar-refractivity contribution in [1.82, 2.24) is 15.5 Å². The van der Waals surface area contributed by atoms with Gasteiger partial charge >= 0.3 is 0 Å². The Hall–Kier alpha value is -0.600. The van der Waals surface area contributed by atoms with Crippen LogP contribution < -0.4 is 10.6 Å². The zero-order chi connectivity index (χ0) is 16.8. The Morgan fingerprint density at radius 2 is 1.83 bits per heavy atom. The average Bonchev–Trinajstić information content (AvgIpc) is 2.49. The summed E-state index contributed by atoms with van der Waals surface area (Å²) in [7, 11) is 3.51. The minimum atomic E-state index is 0. The minimum absolute atomic E-state index is 0. The van der Waals surface area contributed by atoms with E-state index in [0.29, 0.717) is 12.0 Å². The summed E-state index contributed by atoms with van der Waals surface area (Å²) >= 11 is 0. The van der Waals surface area contributed by atoms with Crippen LogP contribution >= 0.6 is 24.0 Å². The van der Waals surface area contributed by atoms with Crippen LogP contribution in [0.5, 0.6) is 0 Å². The van der Waals surface area contributed by atoms with Crippen molar-refractivity contribution in [2.24, 2.45) is 10.9 Å². The third-order valence-corrected chi connectivity index (χ3v) is 3.49. The Morgan fingerprint density at radius 3 is 2.26 bits per heavy atom. The van der Waals surface area contributed by atoms with E-state index in [4.69, 9.17) is 4.74 Å². The van der Waals surface area contributed by atoms with Crippen LogP contribution in [0.2, 0.25) is 0 Å². The van der Waals surface area contributed by atoms with E-state index in [9.17, 15) is 0 Å². The Labute approximate surface area is 159 Å². The van der Waals surface area contributed by atoms with Crippen molar-refractivity contribution in [2.75, 3.05) is 46.9 Å². The smallest absolute Gasteiger partial charge is 0.191 e. The second kappa shape index (κ2) is 16.3. The molecule has 0 radical (unpaired) electrons. The third-order valence-electron chi connectivity index (χ3n) is 3.49. The van der Waals surface area contributed by atoms with Gasteiger partial charge in [0, 0.05) is 53.0 Å². The molecular weight excluding hydrogens is 403 g/mol. The van der Waals surface area contributed by atoms with Gasteiger partial charge in [-0.25, -0.2) is 0 Å². The van der Waals surface area contributed by atoms with Crippen LogP contribution in [0.4, 0.5) is 0 Å². The monoisotopic (exact) mass is 438 g/mol. The number of ether oxygens (including phenoxy) is 1. The maximum atomic E-state index is 5.05. The van der Waals surface area contributed by atoms with Gasteiger partial charge in [0.1, 0.15) is 0 Å². The van der Waals surface area contributed by atoms with Gasteiger partial charge in [0.25, 0.3) is 0 Å². The summed E-state index contributed by atoms with van der Waals surface area (Å²) in [5, 5.41) is 6.71. The summed E-state index contributed by atoms with van der Waals surface area (Å²) in [4.78, 5) is 6.63. The van der Waals surface area contributed by atoms with Gasteiger partial charge < -0.3 is 15.4 Å². The first-order valence-electron chi connectivity index (χ1n) is 7.99. The van der Waals surface area contributed by atoms with E-state index in [-0.39, 0.29) is 24.0 Å². The number of nitrogens with zero attached hydrogens (tertiary/aromatic N) is 2. The van der Waals surface area contributed by atoms with Gasteiger partial charge in [-0.3, -0.25) is 9.89 Å². The van der Waals surface area contributed by atoms with Gasteiger partial charge in [-0.05, 0) is 12.3 Å². The first-order valence-corrected chi connectivity index (χ1v) is 7.99. The maximum absolute atomic E-state index is 5.05. The van der Waals surface area contributed by atoms with E-state index >= 15 is 0 Å². The summed E-state index contributed by atoms with van der Waals surface area (Å²) in [5.74, 6) is 1.36. The molecule has 0 fully saturated rings. The molecule has 0 amide bonds. The zero-order valence-corrected chi connectivity index (χ0v) is 17.5. The summed E-state index contributed by atoms with van der Waals surface area (Å²) in [5.41, 5.74) is 0. The molecular formula is C17H35IN4O. The summed E-state index contributed by atoms with van der Waals surface area (Å²) in [6.07, 6.45) is 4.84. The van der Waals surface area contributed by atoms with Gasteiger partial charge in [-0.2, -0.15) is 0 Å². The quantitative estimate of drug-likeness (QED) is 0.162. The Kier molecular flexibility index (Phi) is 17.4. The molecule has 0 bridgehead atoms. The number of methoxy groups -OCH3 is 1. The molecule has 0 saturated carbocycles. The second-order valence-electron chi connectivity index (χ2n) is 5.57. The molecule has 0 spiro atoms. The lowest BCUT2D eigenvalue weighted by Crippen LogP contribution is -2.49. The van der Waals surface area contributed by atoms with Gasteiger partial charge in [0.15, 0.2) is 5.96 Å². The average molecular weight is 438 g/mol. The second-order valence-corrected chi connectivity index (χ2v) is 5.57. The molecule has 1 atom stereocenters. The van der Waals surface area contributed by atoms with Gasteiger partial charge in [-0.1, -0.05) is 26.0 Å². The normalized spacial score (nSPS) is 12.7. The van der Waals surface area contributed by atoms with E-state index in [1.54, 1.807) is 14.2 Å². The maximum Gasteiger partial charge on any atom is 0.191 e. The zero-order valence-electron chi connectivity index (χ0n) is 15.2. The summed E-state index contributed by atoms with van der Waals surface area (Å²) in [6.45, 7) is 16.3. The van der Waals surface area contributed by atoms with E-state index < -0.39 is 0 Å². The van der Waals surface area contributed by atoms with Crippen molar-refractivity contribution in [2.45, 2.75) is 26.3 Å². The number of rotatable bonds is 12. The van der Waals surface area contributed by atoms with Crippen molar-refractivity contribution in [3.8, 4) is 0 Å². The van der Waals surface area contributed by atoms with Crippen LogP contribution in [-0.2, 0) is 4.74 Å².